The molecule has 0 radical (unpaired) electrons. The summed E-state index contributed by atoms with van der Waals surface area (Å²) in [6, 6.07) is 7.76. The van der Waals surface area contributed by atoms with Gasteiger partial charge < -0.3 is 15.6 Å². The fourth-order valence-electron chi connectivity index (χ4n) is 3.15. The van der Waals surface area contributed by atoms with Crippen molar-refractivity contribution in [1.82, 2.24) is 29.8 Å². The van der Waals surface area contributed by atoms with Crippen molar-refractivity contribution in [3.05, 3.63) is 66.0 Å². The van der Waals surface area contributed by atoms with Gasteiger partial charge >= 0.3 is 0 Å². The molecule has 4 aromatic rings. The monoisotopic (exact) mass is 345 g/mol. The van der Waals surface area contributed by atoms with Crippen molar-refractivity contribution in [3.63, 3.8) is 0 Å². The number of H-pyrrole nitrogens is 1. The maximum absolute atomic E-state index is 12.9. The molecule has 0 unspecified atom stereocenters. The summed E-state index contributed by atoms with van der Waals surface area (Å²) in [6.07, 6.45) is 6.73. The number of hydrogen-bond donors (Lipinski definition) is 3. The molecule has 0 spiro atoms. The Labute approximate surface area is 148 Å². The van der Waals surface area contributed by atoms with Gasteiger partial charge in [-0.2, -0.15) is 0 Å². The molecule has 0 saturated heterocycles. The molecule has 1 aliphatic rings. The van der Waals surface area contributed by atoms with E-state index < -0.39 is 0 Å². The zero-order valence-electron chi connectivity index (χ0n) is 13.7. The van der Waals surface area contributed by atoms with Crippen molar-refractivity contribution in [2.24, 2.45) is 0 Å². The number of nitrogens with one attached hydrogen (secondary N) is 3. The lowest BCUT2D eigenvalue weighted by atomic mass is 10.1. The normalized spacial score (nSPS) is 13.1. The van der Waals surface area contributed by atoms with Gasteiger partial charge in [-0.05, 0) is 29.3 Å². The number of imidazole rings is 1. The molecule has 0 bridgehead atoms. The van der Waals surface area contributed by atoms with Gasteiger partial charge in [-0.25, -0.2) is 15.0 Å². The van der Waals surface area contributed by atoms with E-state index in [0.29, 0.717) is 22.7 Å². The summed E-state index contributed by atoms with van der Waals surface area (Å²) in [6.45, 7) is 1.69. The lowest BCUT2D eigenvalue weighted by Crippen LogP contribution is -2.16. The van der Waals surface area contributed by atoms with Crippen LogP contribution >= 0.6 is 0 Å². The summed E-state index contributed by atoms with van der Waals surface area (Å²) in [7, 11) is 0. The van der Waals surface area contributed by atoms with Gasteiger partial charge in [0.15, 0.2) is 5.69 Å². The van der Waals surface area contributed by atoms with E-state index in [1.807, 2.05) is 24.3 Å². The van der Waals surface area contributed by atoms with Crippen molar-refractivity contribution in [2.75, 3.05) is 5.32 Å². The number of nitrogens with zero attached hydrogens (tertiary/aromatic N) is 4. The van der Waals surface area contributed by atoms with Crippen LogP contribution in [0, 0.1) is 0 Å². The van der Waals surface area contributed by atoms with Gasteiger partial charge in [0, 0.05) is 37.4 Å². The summed E-state index contributed by atoms with van der Waals surface area (Å²) in [5, 5.41) is 6.24. The number of aromatic nitrogens is 5. The lowest BCUT2D eigenvalue weighted by molar-refractivity contribution is 0.102. The van der Waals surface area contributed by atoms with E-state index in [1.165, 1.54) is 11.1 Å². The number of hydrogen-bond acceptors (Lipinski definition) is 5. The number of carbonyl (C=O) groups is 1. The highest BCUT2D eigenvalue weighted by Gasteiger charge is 2.18. The minimum absolute atomic E-state index is 0.285. The van der Waals surface area contributed by atoms with Crippen molar-refractivity contribution >= 4 is 22.6 Å². The molecule has 128 valence electrons. The summed E-state index contributed by atoms with van der Waals surface area (Å²) in [4.78, 5) is 28.9. The summed E-state index contributed by atoms with van der Waals surface area (Å²) in [5.41, 5.74) is 4.79. The number of fused-ring (bicyclic) bond motifs is 2. The third kappa shape index (κ3) is 2.44. The third-order valence-corrected chi connectivity index (χ3v) is 4.44. The van der Waals surface area contributed by atoms with Gasteiger partial charge in [0.2, 0.25) is 5.95 Å². The highest BCUT2D eigenvalue weighted by molar-refractivity contribution is 6.10. The van der Waals surface area contributed by atoms with E-state index in [0.717, 1.165) is 18.8 Å². The van der Waals surface area contributed by atoms with Crippen molar-refractivity contribution in [2.45, 2.75) is 13.1 Å². The van der Waals surface area contributed by atoms with E-state index in [9.17, 15) is 4.79 Å². The SMILES string of the molecule is O=C(Nc1ccc2c(c1)CNC2)c1nc(-n2ccnc2)nc2cc[nH]c12. The van der Waals surface area contributed by atoms with Gasteiger partial charge in [0.25, 0.3) is 5.91 Å². The average Bonchev–Trinajstić information content (AvgIpc) is 3.40. The minimum Gasteiger partial charge on any atom is -0.358 e. The molecule has 0 atom stereocenters. The Kier molecular flexibility index (Phi) is 3.29. The van der Waals surface area contributed by atoms with Crippen LogP contribution < -0.4 is 10.6 Å². The molecule has 5 rings (SSSR count). The molecule has 0 aliphatic carbocycles. The van der Waals surface area contributed by atoms with E-state index in [1.54, 1.807) is 29.5 Å². The maximum atomic E-state index is 12.9. The zero-order chi connectivity index (χ0) is 17.5. The third-order valence-electron chi connectivity index (χ3n) is 4.44. The first-order valence-electron chi connectivity index (χ1n) is 8.25. The number of rotatable bonds is 3. The zero-order valence-corrected chi connectivity index (χ0v) is 13.7. The molecule has 1 aliphatic heterocycles. The molecule has 4 heterocycles. The molecule has 26 heavy (non-hydrogen) atoms. The number of anilines is 1. The largest absolute Gasteiger partial charge is 0.358 e. The summed E-state index contributed by atoms with van der Waals surface area (Å²) < 4.78 is 1.67. The Morgan fingerprint density at radius 2 is 2.08 bits per heavy atom. The molecule has 0 saturated carbocycles. The first kappa shape index (κ1) is 14.8. The van der Waals surface area contributed by atoms with E-state index in [4.69, 9.17) is 0 Å². The number of aromatic amines is 1. The van der Waals surface area contributed by atoms with Gasteiger partial charge in [0.1, 0.15) is 6.33 Å². The molecule has 8 heteroatoms. The Morgan fingerprint density at radius 1 is 1.15 bits per heavy atom. The van der Waals surface area contributed by atoms with Crippen LogP contribution in [0.1, 0.15) is 21.6 Å². The number of benzene rings is 1. The number of carbonyl (C=O) groups excluding carboxylic acids is 1. The Morgan fingerprint density at radius 3 is 2.96 bits per heavy atom. The minimum atomic E-state index is -0.285. The fraction of sp³-hybridized carbons (Fsp3) is 0.111. The predicted molar refractivity (Wildman–Crippen MR) is 95.9 cm³/mol. The van der Waals surface area contributed by atoms with Gasteiger partial charge in [0.05, 0.1) is 11.0 Å². The molecular formula is C18H15N7O. The van der Waals surface area contributed by atoms with Crippen LogP contribution in [0.5, 0.6) is 0 Å². The van der Waals surface area contributed by atoms with Crippen LogP contribution in [0.15, 0.2) is 49.2 Å². The molecule has 3 N–H and O–H groups in total. The maximum Gasteiger partial charge on any atom is 0.276 e. The Hall–Kier alpha value is -3.52. The molecule has 3 aromatic heterocycles. The van der Waals surface area contributed by atoms with Crippen LogP contribution in [0.3, 0.4) is 0 Å². The van der Waals surface area contributed by atoms with Crippen LogP contribution in [-0.4, -0.2) is 30.4 Å². The van der Waals surface area contributed by atoms with Gasteiger partial charge in [-0.15, -0.1) is 0 Å². The Balaban J connectivity index is 1.53. The molecule has 8 nitrogen and oxygen atoms in total. The summed E-state index contributed by atoms with van der Waals surface area (Å²) in [5.74, 6) is 0.116. The molecule has 1 aromatic carbocycles. The highest BCUT2D eigenvalue weighted by Crippen LogP contribution is 2.22. The van der Waals surface area contributed by atoms with Crippen molar-refractivity contribution in [1.29, 1.82) is 0 Å². The smallest absolute Gasteiger partial charge is 0.276 e. The quantitative estimate of drug-likeness (QED) is 0.527. The van der Waals surface area contributed by atoms with Crippen LogP contribution in [0.4, 0.5) is 5.69 Å². The second-order valence-corrected chi connectivity index (χ2v) is 6.12. The second-order valence-electron chi connectivity index (χ2n) is 6.12. The average molecular weight is 345 g/mol. The topological polar surface area (TPSA) is 101 Å². The van der Waals surface area contributed by atoms with Crippen LogP contribution in [0.25, 0.3) is 17.0 Å². The lowest BCUT2D eigenvalue weighted by Gasteiger charge is -2.09. The standard InChI is InChI=1S/C18H15N7O/c26-17(22-13-2-1-11-8-20-9-12(11)7-13)16-15-14(3-4-21-15)23-18(24-16)25-6-5-19-10-25/h1-7,10,20-21H,8-9H2,(H,22,26). The van der Waals surface area contributed by atoms with Crippen LogP contribution in [0.2, 0.25) is 0 Å². The fourth-order valence-corrected chi connectivity index (χ4v) is 3.15. The molecule has 1 amide bonds. The first-order chi connectivity index (χ1) is 12.8. The predicted octanol–water partition coefficient (Wildman–Crippen LogP) is 2.00. The summed E-state index contributed by atoms with van der Waals surface area (Å²) >= 11 is 0. The van der Waals surface area contributed by atoms with E-state index in [-0.39, 0.29) is 5.91 Å². The van der Waals surface area contributed by atoms with Crippen molar-refractivity contribution in [3.8, 4) is 5.95 Å². The Bertz CT molecular complexity index is 1110. The molecule has 0 fully saturated rings. The molecular weight excluding hydrogens is 330 g/mol. The van der Waals surface area contributed by atoms with E-state index in [2.05, 4.69) is 30.6 Å². The highest BCUT2D eigenvalue weighted by atomic mass is 16.1. The number of amides is 1. The first-order valence-corrected chi connectivity index (χ1v) is 8.25. The van der Waals surface area contributed by atoms with Crippen LogP contribution in [-0.2, 0) is 13.1 Å². The second kappa shape index (κ2) is 5.78. The van der Waals surface area contributed by atoms with Crippen molar-refractivity contribution < 1.29 is 4.79 Å². The van der Waals surface area contributed by atoms with Gasteiger partial charge in [-0.3, -0.25) is 9.36 Å². The van der Waals surface area contributed by atoms with E-state index >= 15 is 0 Å². The van der Waals surface area contributed by atoms with Gasteiger partial charge in [-0.1, -0.05) is 6.07 Å².